The molecule has 30 heavy (non-hydrogen) atoms. The first-order valence-corrected chi connectivity index (χ1v) is 10.8. The number of benzene rings is 2. The molecule has 1 atom stereocenters. The molecule has 0 spiro atoms. The number of aromatic amines is 2. The van der Waals surface area contributed by atoms with Crippen LogP contribution in [0.4, 0.5) is 5.69 Å². The number of nitrogens with one attached hydrogen (secondary N) is 3. The molecular formula is C24H25N5O. The molecule has 4 aromatic rings. The van der Waals surface area contributed by atoms with Crippen molar-refractivity contribution < 1.29 is 0 Å². The third-order valence-electron chi connectivity index (χ3n) is 6.78. The molecular weight excluding hydrogens is 374 g/mol. The molecule has 2 bridgehead atoms. The highest BCUT2D eigenvalue weighted by Gasteiger charge is 2.35. The van der Waals surface area contributed by atoms with Crippen LogP contribution in [-0.2, 0) is 0 Å². The van der Waals surface area contributed by atoms with Gasteiger partial charge < -0.3 is 20.2 Å². The zero-order valence-corrected chi connectivity index (χ0v) is 17.0. The highest BCUT2D eigenvalue weighted by molar-refractivity contribution is 5.99. The van der Waals surface area contributed by atoms with Crippen LogP contribution in [0.2, 0.25) is 0 Å². The lowest BCUT2D eigenvalue weighted by Crippen LogP contribution is -2.53. The SMILES string of the molecule is Cc1ccc2[nH]c(=O)c(-c3nc4ccccc4[nH]3)c(NC3CN4CCC3CC4)c2c1. The molecule has 0 saturated carbocycles. The van der Waals surface area contributed by atoms with Crippen molar-refractivity contribution in [3.63, 3.8) is 0 Å². The number of imidazole rings is 1. The highest BCUT2D eigenvalue weighted by Crippen LogP contribution is 2.35. The van der Waals surface area contributed by atoms with Crippen LogP contribution in [0.1, 0.15) is 18.4 Å². The molecule has 2 aromatic heterocycles. The van der Waals surface area contributed by atoms with Gasteiger partial charge in [-0.2, -0.15) is 0 Å². The number of aryl methyl sites for hydroxylation is 1. The molecule has 5 heterocycles. The van der Waals surface area contributed by atoms with Crippen LogP contribution in [0.15, 0.2) is 47.3 Å². The van der Waals surface area contributed by atoms with Crippen LogP contribution in [0, 0.1) is 12.8 Å². The quantitative estimate of drug-likeness (QED) is 0.489. The van der Waals surface area contributed by atoms with E-state index in [-0.39, 0.29) is 5.56 Å². The van der Waals surface area contributed by atoms with Crippen LogP contribution < -0.4 is 10.9 Å². The Morgan fingerprint density at radius 1 is 1.07 bits per heavy atom. The Balaban J connectivity index is 1.56. The number of aromatic nitrogens is 3. The maximum atomic E-state index is 13.3. The fourth-order valence-corrected chi connectivity index (χ4v) is 5.17. The minimum Gasteiger partial charge on any atom is -0.379 e. The third kappa shape index (κ3) is 2.82. The minimum atomic E-state index is -0.116. The van der Waals surface area contributed by atoms with Gasteiger partial charge in [-0.1, -0.05) is 23.8 Å². The number of H-pyrrole nitrogens is 2. The Labute approximate surface area is 174 Å². The lowest BCUT2D eigenvalue weighted by molar-refractivity contribution is 0.0976. The molecule has 3 N–H and O–H groups in total. The van der Waals surface area contributed by atoms with Crippen molar-refractivity contribution in [3.8, 4) is 11.4 Å². The van der Waals surface area contributed by atoms with Gasteiger partial charge in [0.05, 0.1) is 22.2 Å². The van der Waals surface area contributed by atoms with E-state index < -0.39 is 0 Å². The summed E-state index contributed by atoms with van der Waals surface area (Å²) in [5.74, 6) is 1.27. The fraction of sp³-hybridized carbons (Fsp3) is 0.333. The van der Waals surface area contributed by atoms with Crippen LogP contribution >= 0.6 is 0 Å². The average molecular weight is 399 g/mol. The van der Waals surface area contributed by atoms with Crippen LogP contribution in [0.3, 0.4) is 0 Å². The van der Waals surface area contributed by atoms with Gasteiger partial charge >= 0.3 is 0 Å². The number of nitrogens with zero attached hydrogens (tertiary/aromatic N) is 2. The largest absolute Gasteiger partial charge is 0.379 e. The number of hydrogen-bond acceptors (Lipinski definition) is 4. The zero-order chi connectivity index (χ0) is 20.2. The summed E-state index contributed by atoms with van der Waals surface area (Å²) in [6, 6.07) is 14.4. The topological polar surface area (TPSA) is 76.8 Å². The van der Waals surface area contributed by atoms with Gasteiger partial charge in [0.15, 0.2) is 0 Å². The molecule has 0 aliphatic carbocycles. The lowest BCUT2D eigenvalue weighted by Gasteiger charge is -2.45. The predicted molar refractivity (Wildman–Crippen MR) is 121 cm³/mol. The van der Waals surface area contributed by atoms with E-state index >= 15 is 0 Å². The summed E-state index contributed by atoms with van der Waals surface area (Å²) >= 11 is 0. The van der Waals surface area contributed by atoms with E-state index in [1.807, 2.05) is 36.4 Å². The molecule has 3 fully saturated rings. The number of para-hydroxylation sites is 2. The first kappa shape index (κ1) is 17.7. The van der Waals surface area contributed by atoms with Crippen molar-refractivity contribution >= 4 is 27.6 Å². The van der Waals surface area contributed by atoms with Crippen LogP contribution in [-0.4, -0.2) is 45.5 Å². The molecule has 1 unspecified atom stereocenters. The standard InChI is InChI=1S/C24H25N5O/c1-14-6-7-17-16(12-14)22(25-20-13-29-10-8-15(20)9-11-29)21(24(30)28-17)23-26-18-4-2-3-5-19(18)27-23/h2-7,12,15,20H,8-11,13H2,1H3,(H,26,27)(H2,25,28,30). The second-order valence-electron chi connectivity index (χ2n) is 8.74. The molecule has 3 aliphatic rings. The zero-order valence-electron chi connectivity index (χ0n) is 17.0. The lowest BCUT2D eigenvalue weighted by atomic mass is 9.83. The van der Waals surface area contributed by atoms with Gasteiger partial charge in [0.2, 0.25) is 0 Å². The minimum absolute atomic E-state index is 0.116. The second kappa shape index (κ2) is 6.71. The van der Waals surface area contributed by atoms with Gasteiger partial charge in [-0.05, 0) is 63.0 Å². The molecule has 7 rings (SSSR count). The van der Waals surface area contributed by atoms with Gasteiger partial charge in [-0.25, -0.2) is 4.98 Å². The van der Waals surface area contributed by atoms with Gasteiger partial charge in [-0.15, -0.1) is 0 Å². The Kier molecular flexibility index (Phi) is 3.96. The third-order valence-corrected chi connectivity index (χ3v) is 6.78. The average Bonchev–Trinajstić information content (AvgIpc) is 3.19. The van der Waals surface area contributed by atoms with Crippen LogP contribution in [0.25, 0.3) is 33.3 Å². The fourth-order valence-electron chi connectivity index (χ4n) is 5.17. The van der Waals surface area contributed by atoms with E-state index in [2.05, 4.69) is 33.2 Å². The van der Waals surface area contributed by atoms with E-state index in [4.69, 9.17) is 4.98 Å². The number of pyridine rings is 1. The summed E-state index contributed by atoms with van der Waals surface area (Å²) in [4.78, 5) is 27.0. The van der Waals surface area contributed by atoms with Crippen molar-refractivity contribution in [2.24, 2.45) is 5.92 Å². The van der Waals surface area contributed by atoms with Crippen molar-refractivity contribution in [2.75, 3.05) is 25.0 Å². The Bertz CT molecular complexity index is 1280. The van der Waals surface area contributed by atoms with E-state index in [1.165, 1.54) is 31.5 Å². The first-order chi connectivity index (χ1) is 14.7. The van der Waals surface area contributed by atoms with E-state index in [9.17, 15) is 4.79 Å². The smallest absolute Gasteiger partial charge is 0.261 e. The van der Waals surface area contributed by atoms with E-state index in [1.54, 1.807) is 0 Å². The van der Waals surface area contributed by atoms with Crippen molar-refractivity contribution in [1.82, 2.24) is 19.9 Å². The predicted octanol–water partition coefficient (Wildman–Crippen LogP) is 3.89. The maximum absolute atomic E-state index is 13.3. The van der Waals surface area contributed by atoms with Gasteiger partial charge in [0.25, 0.3) is 5.56 Å². The summed E-state index contributed by atoms with van der Waals surface area (Å²) in [5.41, 5.74) is 5.21. The first-order valence-electron chi connectivity index (χ1n) is 10.8. The number of hydrogen-bond donors (Lipinski definition) is 3. The van der Waals surface area contributed by atoms with Crippen molar-refractivity contribution in [2.45, 2.75) is 25.8 Å². The molecule has 3 aliphatic heterocycles. The summed E-state index contributed by atoms with van der Waals surface area (Å²) in [6.45, 7) is 5.50. The maximum Gasteiger partial charge on any atom is 0.261 e. The molecule has 3 saturated heterocycles. The van der Waals surface area contributed by atoms with E-state index in [0.717, 1.165) is 34.2 Å². The Hall–Kier alpha value is -3.12. The summed E-state index contributed by atoms with van der Waals surface area (Å²) < 4.78 is 0. The van der Waals surface area contributed by atoms with Crippen molar-refractivity contribution in [3.05, 3.63) is 58.4 Å². The second-order valence-corrected chi connectivity index (χ2v) is 8.74. The van der Waals surface area contributed by atoms with Gasteiger partial charge in [0, 0.05) is 18.0 Å². The number of piperidine rings is 3. The number of fused-ring (bicyclic) bond motifs is 5. The Morgan fingerprint density at radius 3 is 2.67 bits per heavy atom. The van der Waals surface area contributed by atoms with Crippen molar-refractivity contribution in [1.29, 1.82) is 0 Å². The summed E-state index contributed by atoms with van der Waals surface area (Å²) in [5, 5.41) is 4.86. The molecule has 6 nitrogen and oxygen atoms in total. The summed E-state index contributed by atoms with van der Waals surface area (Å²) in [7, 11) is 0. The summed E-state index contributed by atoms with van der Waals surface area (Å²) in [6.07, 6.45) is 2.44. The molecule has 152 valence electrons. The molecule has 0 amide bonds. The van der Waals surface area contributed by atoms with E-state index in [0.29, 0.717) is 23.3 Å². The van der Waals surface area contributed by atoms with Gasteiger partial charge in [0.1, 0.15) is 11.4 Å². The molecule has 2 aromatic carbocycles. The van der Waals surface area contributed by atoms with Crippen LogP contribution in [0.5, 0.6) is 0 Å². The molecule has 6 heteroatoms. The number of rotatable bonds is 3. The monoisotopic (exact) mass is 399 g/mol. The highest BCUT2D eigenvalue weighted by atomic mass is 16.1. The van der Waals surface area contributed by atoms with Gasteiger partial charge in [-0.3, -0.25) is 4.79 Å². The molecule has 0 radical (unpaired) electrons. The number of anilines is 1. The Morgan fingerprint density at radius 2 is 1.90 bits per heavy atom. The normalized spacial score (nSPS) is 23.3.